The zero-order valence-electron chi connectivity index (χ0n) is 19.8. The minimum absolute atomic E-state index is 0.253. The van der Waals surface area contributed by atoms with E-state index in [1.54, 1.807) is 7.05 Å². The third-order valence-electron chi connectivity index (χ3n) is 7.23. The summed E-state index contributed by atoms with van der Waals surface area (Å²) in [5.41, 5.74) is 5.37. The molecule has 0 spiro atoms. The van der Waals surface area contributed by atoms with Crippen LogP contribution in [0.25, 0.3) is 0 Å². The van der Waals surface area contributed by atoms with Crippen molar-refractivity contribution in [2.24, 2.45) is 7.05 Å². The van der Waals surface area contributed by atoms with Crippen molar-refractivity contribution < 1.29 is 13.2 Å². The Morgan fingerprint density at radius 1 is 1.15 bits per heavy atom. The van der Waals surface area contributed by atoms with E-state index in [0.29, 0.717) is 18.8 Å². The van der Waals surface area contributed by atoms with Gasteiger partial charge in [-0.05, 0) is 74.6 Å². The summed E-state index contributed by atoms with van der Waals surface area (Å²) in [6.45, 7) is 5.01. The van der Waals surface area contributed by atoms with Crippen LogP contribution in [0.5, 0.6) is 0 Å². The number of aryl methyl sites for hydroxylation is 3. The first-order valence-electron chi connectivity index (χ1n) is 11.9. The molecule has 1 aromatic heterocycles. The highest BCUT2D eigenvalue weighted by Crippen LogP contribution is 2.39. The molecule has 5 rings (SSSR count). The largest absolute Gasteiger partial charge is 0.740 e. The van der Waals surface area contributed by atoms with Gasteiger partial charge in [0.2, 0.25) is 0 Å². The Bertz CT molecular complexity index is 1190. The quantitative estimate of drug-likeness (QED) is 0.627. The standard InChI is InChI=1S/C23H31N6O4S/c1-15(2)27-13-19(14-27)28(18-11-24-26(3)12-18)34(32,33)29(31)23(30)25-22-20-8-4-6-16(20)10-17-7-5-9-21(17)22/h10-12,15,19H,4-9,13-14H2,1-3H3,(H,25,30)/q-1. The number of anilines is 2. The summed E-state index contributed by atoms with van der Waals surface area (Å²) in [6.07, 6.45) is 8.43. The molecule has 1 saturated heterocycles. The molecule has 184 valence electrons. The maximum atomic E-state index is 13.5. The fraction of sp³-hybridized carbons (Fsp3) is 0.565. The van der Waals surface area contributed by atoms with Crippen LogP contribution >= 0.6 is 0 Å². The Hall–Kier alpha value is -2.63. The van der Waals surface area contributed by atoms with Gasteiger partial charge in [-0.3, -0.25) is 14.1 Å². The van der Waals surface area contributed by atoms with E-state index in [0.717, 1.165) is 54.0 Å². The molecule has 1 aromatic carbocycles. The number of rotatable bonds is 6. The molecular formula is C23H31N6O4S-. The van der Waals surface area contributed by atoms with Crippen molar-refractivity contribution in [1.82, 2.24) is 19.1 Å². The minimum atomic E-state index is -4.68. The maximum Gasteiger partial charge on any atom is 0.326 e. The lowest BCUT2D eigenvalue weighted by atomic mass is 9.99. The van der Waals surface area contributed by atoms with Gasteiger partial charge in [-0.15, -0.1) is 0 Å². The summed E-state index contributed by atoms with van der Waals surface area (Å²) in [5, 5.41) is 19.9. The molecule has 1 aliphatic heterocycles. The van der Waals surface area contributed by atoms with Crippen LogP contribution in [0.15, 0.2) is 18.5 Å². The lowest BCUT2D eigenvalue weighted by Gasteiger charge is -2.48. The molecule has 2 aliphatic carbocycles. The number of likely N-dealkylation sites (tertiary alicyclic amines) is 1. The fourth-order valence-corrected chi connectivity index (χ4v) is 6.70. The average molecular weight is 488 g/mol. The van der Waals surface area contributed by atoms with Crippen molar-refractivity contribution in [2.45, 2.75) is 64.5 Å². The van der Waals surface area contributed by atoms with Crippen molar-refractivity contribution in [2.75, 3.05) is 22.7 Å². The number of amides is 2. The lowest BCUT2D eigenvalue weighted by molar-refractivity contribution is 0.114. The number of fused-ring (bicyclic) bond motifs is 2. The average Bonchev–Trinajstić information content (AvgIpc) is 3.49. The van der Waals surface area contributed by atoms with Gasteiger partial charge in [0.15, 0.2) is 0 Å². The van der Waals surface area contributed by atoms with Gasteiger partial charge in [0, 0.05) is 38.1 Å². The molecule has 1 N–H and O–H groups in total. The van der Waals surface area contributed by atoms with Crippen molar-refractivity contribution >= 4 is 27.6 Å². The van der Waals surface area contributed by atoms with Gasteiger partial charge >= 0.3 is 16.2 Å². The van der Waals surface area contributed by atoms with Crippen molar-refractivity contribution in [1.29, 1.82) is 0 Å². The van der Waals surface area contributed by atoms with Gasteiger partial charge in [0.05, 0.1) is 17.9 Å². The highest BCUT2D eigenvalue weighted by molar-refractivity contribution is 7.91. The number of benzene rings is 1. The number of hydrogen-bond acceptors (Lipinski definition) is 6. The van der Waals surface area contributed by atoms with Crippen LogP contribution in [-0.4, -0.2) is 58.8 Å². The van der Waals surface area contributed by atoms with Gasteiger partial charge in [-0.1, -0.05) is 6.07 Å². The van der Waals surface area contributed by atoms with Crippen molar-refractivity contribution in [3.8, 4) is 0 Å². The molecule has 1 fully saturated rings. The molecule has 34 heavy (non-hydrogen) atoms. The Morgan fingerprint density at radius 2 is 1.76 bits per heavy atom. The Morgan fingerprint density at radius 3 is 2.29 bits per heavy atom. The first-order valence-corrected chi connectivity index (χ1v) is 13.3. The molecule has 0 bridgehead atoms. The zero-order chi connectivity index (χ0) is 24.2. The van der Waals surface area contributed by atoms with Crippen LogP contribution in [0.4, 0.5) is 16.2 Å². The summed E-state index contributed by atoms with van der Waals surface area (Å²) in [6, 6.07) is 0.839. The summed E-state index contributed by atoms with van der Waals surface area (Å²) in [5.74, 6) is 0. The predicted molar refractivity (Wildman–Crippen MR) is 130 cm³/mol. The van der Waals surface area contributed by atoms with E-state index >= 15 is 0 Å². The SMILES string of the molecule is CC(C)N1CC(N(c2cnn(C)c2)S(=O)(=O)N([O-])C(=O)Nc2c3c(cc4c2CCC4)CCC3)C1. The number of hydroxylamine groups is 1. The smallest absolute Gasteiger partial charge is 0.326 e. The normalized spacial score (nSPS) is 18.0. The molecule has 10 nitrogen and oxygen atoms in total. The number of urea groups is 1. The van der Waals surface area contributed by atoms with E-state index in [-0.39, 0.29) is 11.7 Å². The van der Waals surface area contributed by atoms with E-state index < -0.39 is 26.8 Å². The Balaban J connectivity index is 1.43. The van der Waals surface area contributed by atoms with E-state index in [2.05, 4.69) is 21.4 Å². The minimum Gasteiger partial charge on any atom is -0.740 e. The highest BCUT2D eigenvalue weighted by atomic mass is 32.2. The summed E-state index contributed by atoms with van der Waals surface area (Å²) in [7, 11) is -3.00. The van der Waals surface area contributed by atoms with Crippen LogP contribution < -0.4 is 9.62 Å². The highest BCUT2D eigenvalue weighted by Gasteiger charge is 2.42. The molecule has 2 amide bonds. The summed E-state index contributed by atoms with van der Waals surface area (Å²) in [4.78, 5) is 15.2. The summed E-state index contributed by atoms with van der Waals surface area (Å²) >= 11 is 0. The van der Waals surface area contributed by atoms with Crippen molar-refractivity contribution in [3.05, 3.63) is 45.9 Å². The van der Waals surface area contributed by atoms with Crippen molar-refractivity contribution in [3.63, 3.8) is 0 Å². The van der Waals surface area contributed by atoms with Crippen LogP contribution in [0.3, 0.4) is 0 Å². The maximum absolute atomic E-state index is 13.5. The Kier molecular flexibility index (Phi) is 5.81. The number of nitrogens with one attached hydrogen (secondary N) is 1. The molecule has 0 radical (unpaired) electrons. The van der Waals surface area contributed by atoms with E-state index in [1.165, 1.54) is 28.2 Å². The third-order valence-corrected chi connectivity index (χ3v) is 8.82. The van der Waals surface area contributed by atoms with Crippen LogP contribution in [0, 0.1) is 5.21 Å². The third kappa shape index (κ3) is 3.85. The van der Waals surface area contributed by atoms with Gasteiger partial charge in [0.25, 0.3) is 0 Å². The molecule has 11 heteroatoms. The van der Waals surface area contributed by atoms with Crippen LogP contribution in [0.1, 0.15) is 48.9 Å². The molecule has 0 unspecified atom stereocenters. The van der Waals surface area contributed by atoms with Crippen LogP contribution in [0.2, 0.25) is 0 Å². The van der Waals surface area contributed by atoms with E-state index in [4.69, 9.17) is 0 Å². The van der Waals surface area contributed by atoms with Gasteiger partial charge in [-0.25, -0.2) is 9.10 Å². The fourth-order valence-electron chi connectivity index (χ4n) is 5.42. The van der Waals surface area contributed by atoms with E-state index in [9.17, 15) is 18.4 Å². The number of hydrogen-bond donors (Lipinski definition) is 1. The summed E-state index contributed by atoms with van der Waals surface area (Å²) < 4.78 is 29.1. The number of aromatic nitrogens is 2. The molecule has 0 saturated carbocycles. The van der Waals surface area contributed by atoms with Gasteiger partial charge in [-0.2, -0.15) is 13.5 Å². The van der Waals surface area contributed by atoms with Crippen LogP contribution in [-0.2, 0) is 42.9 Å². The first-order chi connectivity index (χ1) is 16.2. The second kappa shape index (κ2) is 8.54. The molecule has 0 atom stereocenters. The lowest BCUT2D eigenvalue weighted by Crippen LogP contribution is -2.64. The first kappa shape index (κ1) is 23.1. The number of carbonyl (C=O) groups excluding carboxylic acids is 1. The Labute approximate surface area is 200 Å². The monoisotopic (exact) mass is 487 g/mol. The predicted octanol–water partition coefficient (Wildman–Crippen LogP) is 2.57. The molecule has 2 heterocycles. The molecule has 3 aliphatic rings. The topological polar surface area (TPSA) is 114 Å². The molecule has 2 aromatic rings. The second-order valence-electron chi connectivity index (χ2n) is 9.77. The second-order valence-corrected chi connectivity index (χ2v) is 11.4. The van der Waals surface area contributed by atoms with Gasteiger partial charge in [0.1, 0.15) is 0 Å². The van der Waals surface area contributed by atoms with E-state index in [1.807, 2.05) is 13.8 Å². The number of nitrogens with zero attached hydrogens (tertiary/aromatic N) is 5. The molecular weight excluding hydrogens is 456 g/mol. The van der Waals surface area contributed by atoms with Gasteiger partial charge < -0.3 is 10.5 Å². The zero-order valence-corrected chi connectivity index (χ0v) is 20.6. The number of carbonyl (C=O) groups is 1.